The molecule has 0 bridgehead atoms. The number of hydrogen-bond acceptors (Lipinski definition) is 10. The van der Waals surface area contributed by atoms with Crippen LogP contribution in [0.25, 0.3) is 22.2 Å². The average Bonchev–Trinajstić information content (AvgIpc) is 3.61. The van der Waals surface area contributed by atoms with Crippen molar-refractivity contribution in [2.24, 2.45) is 0 Å². The normalized spacial score (nSPS) is 10.7. The number of carbonyl (C=O) groups excluding carboxylic acids is 2. The van der Waals surface area contributed by atoms with Crippen LogP contribution in [-0.2, 0) is 6.42 Å². The summed E-state index contributed by atoms with van der Waals surface area (Å²) in [6.07, 6.45) is 3.95. The summed E-state index contributed by atoms with van der Waals surface area (Å²) in [5, 5.41) is 11.7. The first kappa shape index (κ1) is 28.1. The predicted molar refractivity (Wildman–Crippen MR) is 151 cm³/mol. The van der Waals surface area contributed by atoms with Gasteiger partial charge < -0.3 is 25.6 Å². The molecule has 3 aromatic heterocycles. The Labute approximate surface area is 241 Å². The summed E-state index contributed by atoms with van der Waals surface area (Å²) >= 11 is 0.965. The summed E-state index contributed by atoms with van der Waals surface area (Å²) in [6, 6.07) is 11.1. The third kappa shape index (κ3) is 6.47. The highest BCUT2D eigenvalue weighted by molar-refractivity contribution is 7.19. The van der Waals surface area contributed by atoms with Crippen LogP contribution in [0, 0.1) is 11.6 Å². The SMILES string of the molecule is COc1cccc(C(=O)Nc2cc(-c3noc(-c4sc(NC(=O)NCCc5ccncc5)nc4N)n3)c(F)cc2F)c1. The molecule has 0 saturated heterocycles. The molecule has 2 aromatic carbocycles. The van der Waals surface area contributed by atoms with Gasteiger partial charge in [-0.2, -0.15) is 4.98 Å². The fourth-order valence-corrected chi connectivity index (χ4v) is 4.55. The summed E-state index contributed by atoms with van der Waals surface area (Å²) < 4.78 is 39.6. The number of thiazole rings is 1. The lowest BCUT2D eigenvalue weighted by Crippen LogP contribution is -2.30. The number of aromatic nitrogens is 4. The van der Waals surface area contributed by atoms with Crippen LogP contribution in [0.3, 0.4) is 0 Å². The molecular weight excluding hydrogens is 570 g/mol. The van der Waals surface area contributed by atoms with E-state index >= 15 is 0 Å². The molecule has 0 saturated carbocycles. The fourth-order valence-electron chi connectivity index (χ4n) is 3.75. The van der Waals surface area contributed by atoms with Gasteiger partial charge in [0, 0.05) is 30.6 Å². The molecule has 15 heteroatoms. The predicted octanol–water partition coefficient (Wildman–Crippen LogP) is 4.74. The monoisotopic (exact) mass is 592 g/mol. The first-order chi connectivity index (χ1) is 20.3. The molecule has 12 nitrogen and oxygen atoms in total. The molecule has 0 radical (unpaired) electrons. The van der Waals surface area contributed by atoms with Crippen molar-refractivity contribution in [3.8, 4) is 27.9 Å². The van der Waals surface area contributed by atoms with E-state index < -0.39 is 23.6 Å². The quantitative estimate of drug-likeness (QED) is 0.189. The maximum Gasteiger partial charge on any atom is 0.321 e. The van der Waals surface area contributed by atoms with Crippen molar-refractivity contribution in [3.63, 3.8) is 0 Å². The minimum absolute atomic E-state index is 0.00638. The van der Waals surface area contributed by atoms with Crippen molar-refractivity contribution in [1.82, 2.24) is 25.4 Å². The van der Waals surface area contributed by atoms with Crippen LogP contribution in [0.5, 0.6) is 5.75 Å². The van der Waals surface area contributed by atoms with Crippen LogP contribution >= 0.6 is 11.3 Å². The zero-order chi connectivity index (χ0) is 29.6. The van der Waals surface area contributed by atoms with Crippen molar-refractivity contribution < 1.29 is 27.6 Å². The topological polar surface area (TPSA) is 170 Å². The maximum absolute atomic E-state index is 14.7. The molecule has 0 atom stereocenters. The zero-order valence-electron chi connectivity index (χ0n) is 21.9. The molecule has 0 aliphatic carbocycles. The minimum Gasteiger partial charge on any atom is -0.497 e. The number of ether oxygens (including phenoxy) is 1. The van der Waals surface area contributed by atoms with Gasteiger partial charge in [-0.3, -0.25) is 15.1 Å². The Morgan fingerprint density at radius 2 is 1.86 bits per heavy atom. The summed E-state index contributed by atoms with van der Waals surface area (Å²) in [4.78, 5) is 37.4. The summed E-state index contributed by atoms with van der Waals surface area (Å²) in [5.74, 6) is -2.52. The number of nitrogen functional groups attached to an aromatic ring is 1. The van der Waals surface area contributed by atoms with Crippen LogP contribution in [0.1, 0.15) is 15.9 Å². The van der Waals surface area contributed by atoms with Gasteiger partial charge in [0.25, 0.3) is 11.8 Å². The maximum atomic E-state index is 14.7. The lowest BCUT2D eigenvalue weighted by molar-refractivity contribution is 0.102. The van der Waals surface area contributed by atoms with Gasteiger partial charge in [-0.05, 0) is 48.4 Å². The number of rotatable bonds is 9. The summed E-state index contributed by atoms with van der Waals surface area (Å²) in [6.45, 7) is 0.377. The minimum atomic E-state index is -1.00. The number of nitrogens with zero attached hydrogens (tertiary/aromatic N) is 4. The fraction of sp³-hybridized carbons (Fsp3) is 0.111. The van der Waals surface area contributed by atoms with Crippen molar-refractivity contribution in [3.05, 3.63) is 83.7 Å². The molecule has 0 aliphatic rings. The largest absolute Gasteiger partial charge is 0.497 e. The highest BCUT2D eigenvalue weighted by Crippen LogP contribution is 2.35. The first-order valence-electron chi connectivity index (χ1n) is 12.3. The third-order valence-corrected chi connectivity index (χ3v) is 6.80. The standard InChI is InChI=1S/C27H22F2N8O4S/c1-40-16-4-2-3-15(11-16)24(38)33-20-12-17(18(28)13-19(20)29)23-35-25(41-37-23)21-22(30)34-27(42-21)36-26(39)32-10-7-14-5-8-31-9-6-14/h2-6,8-9,11-13H,7,10,30H2,1H3,(H,33,38)(H2,32,34,36,39). The van der Waals surface area contributed by atoms with Gasteiger partial charge in [-0.25, -0.2) is 18.6 Å². The smallest absolute Gasteiger partial charge is 0.321 e. The number of urea groups is 1. The number of anilines is 3. The van der Waals surface area contributed by atoms with Crippen LogP contribution in [-0.4, -0.2) is 45.7 Å². The van der Waals surface area contributed by atoms with Crippen molar-refractivity contribution in [2.45, 2.75) is 6.42 Å². The van der Waals surface area contributed by atoms with Gasteiger partial charge >= 0.3 is 6.03 Å². The molecule has 0 spiro atoms. The Kier molecular flexibility index (Phi) is 8.29. The number of hydrogen-bond donors (Lipinski definition) is 4. The van der Waals surface area contributed by atoms with Gasteiger partial charge in [0.05, 0.1) is 18.4 Å². The molecule has 3 heterocycles. The second-order valence-electron chi connectivity index (χ2n) is 8.64. The van der Waals surface area contributed by atoms with E-state index in [2.05, 4.69) is 36.1 Å². The van der Waals surface area contributed by atoms with Crippen LogP contribution in [0.4, 0.5) is 30.2 Å². The van der Waals surface area contributed by atoms with E-state index in [1.807, 2.05) is 12.1 Å². The molecule has 0 fully saturated rings. The zero-order valence-corrected chi connectivity index (χ0v) is 22.7. The van der Waals surface area contributed by atoms with E-state index in [1.54, 1.807) is 24.5 Å². The van der Waals surface area contributed by atoms with E-state index in [-0.39, 0.29) is 44.4 Å². The Morgan fingerprint density at radius 3 is 2.64 bits per heavy atom. The van der Waals surface area contributed by atoms with Gasteiger partial charge in [-0.1, -0.05) is 22.6 Å². The highest BCUT2D eigenvalue weighted by Gasteiger charge is 2.22. The van der Waals surface area contributed by atoms with E-state index in [1.165, 1.54) is 19.2 Å². The molecule has 5 aromatic rings. The molecule has 3 amide bonds. The number of halogens is 2. The van der Waals surface area contributed by atoms with E-state index in [9.17, 15) is 18.4 Å². The number of carbonyl (C=O) groups is 2. The van der Waals surface area contributed by atoms with Crippen LogP contribution < -0.4 is 26.4 Å². The Hall–Kier alpha value is -5.44. The van der Waals surface area contributed by atoms with Crippen molar-refractivity contribution >= 4 is 39.9 Å². The highest BCUT2D eigenvalue weighted by atomic mass is 32.1. The lowest BCUT2D eigenvalue weighted by Gasteiger charge is -2.09. The third-order valence-electron chi connectivity index (χ3n) is 5.82. The average molecular weight is 593 g/mol. The first-order valence-corrected chi connectivity index (χ1v) is 13.1. The molecule has 0 unspecified atom stereocenters. The Balaban J connectivity index is 1.28. The molecule has 5 N–H and O–H groups in total. The van der Waals surface area contributed by atoms with Crippen LogP contribution in [0.2, 0.25) is 0 Å². The number of pyridine rings is 1. The Bertz CT molecular complexity index is 1750. The lowest BCUT2D eigenvalue weighted by atomic mass is 10.1. The van der Waals surface area contributed by atoms with Crippen molar-refractivity contribution in [1.29, 1.82) is 0 Å². The van der Waals surface area contributed by atoms with Gasteiger partial charge in [0.2, 0.25) is 5.82 Å². The van der Waals surface area contributed by atoms with Crippen LogP contribution in [0.15, 0.2) is 65.4 Å². The van der Waals surface area contributed by atoms with E-state index in [0.29, 0.717) is 24.8 Å². The summed E-state index contributed by atoms with van der Waals surface area (Å²) in [7, 11) is 1.45. The number of methoxy groups -OCH3 is 1. The Morgan fingerprint density at radius 1 is 1.05 bits per heavy atom. The number of amides is 3. The van der Waals surface area contributed by atoms with Gasteiger partial charge in [0.15, 0.2) is 5.13 Å². The molecule has 214 valence electrons. The van der Waals surface area contributed by atoms with Gasteiger partial charge in [0.1, 0.15) is 28.1 Å². The van der Waals surface area contributed by atoms with E-state index in [4.69, 9.17) is 15.0 Å². The second-order valence-corrected chi connectivity index (χ2v) is 9.64. The molecule has 0 aliphatic heterocycles. The number of benzene rings is 2. The van der Waals surface area contributed by atoms with Gasteiger partial charge in [-0.15, -0.1) is 0 Å². The number of nitrogens with one attached hydrogen (secondary N) is 3. The number of nitrogens with two attached hydrogens (primary N) is 1. The second kappa shape index (κ2) is 12.4. The molecule has 5 rings (SSSR count). The van der Waals surface area contributed by atoms with Crippen molar-refractivity contribution in [2.75, 3.05) is 30.0 Å². The molecular formula is C27H22F2N8O4S. The molecule has 42 heavy (non-hydrogen) atoms. The summed E-state index contributed by atoms with van der Waals surface area (Å²) in [5.41, 5.74) is 6.67. The van der Waals surface area contributed by atoms with E-state index in [0.717, 1.165) is 23.0 Å².